The average Bonchev–Trinajstić information content (AvgIpc) is 2.74. The zero-order valence-corrected chi connectivity index (χ0v) is 19.2. The lowest BCUT2D eigenvalue weighted by atomic mass is 10.0. The van der Waals surface area contributed by atoms with E-state index >= 15 is 0 Å². The Morgan fingerprint density at radius 3 is 2.09 bits per heavy atom. The molecule has 34 heavy (non-hydrogen) atoms. The molecule has 2 atom stereocenters. The molecule has 1 aromatic rings. The predicted molar refractivity (Wildman–Crippen MR) is 127 cm³/mol. The van der Waals surface area contributed by atoms with Crippen LogP contribution in [0.5, 0.6) is 0 Å². The maximum Gasteiger partial charge on any atom is 0.305 e. The molecular weight excluding hydrogens is 442 g/mol. The van der Waals surface area contributed by atoms with Crippen LogP contribution in [-0.2, 0) is 25.6 Å². The molecular formula is C23H35N5O6. The maximum absolute atomic E-state index is 12.7. The van der Waals surface area contributed by atoms with Gasteiger partial charge in [0.05, 0.1) is 12.8 Å². The number of nitrogens with one attached hydrogen (secondary N) is 2. The molecule has 0 bridgehead atoms. The molecule has 0 unspecified atom stereocenters. The quantitative estimate of drug-likeness (QED) is 0.107. The molecule has 11 nitrogen and oxygen atoms in total. The molecule has 188 valence electrons. The standard InChI is InChI=1S/C23H35N5O6/c24-23(25)26-12-8-3-1-2-7-11-19(29)28-18(15-21(32)33)22(34)27-17(14-20(30)31)13-16-9-5-4-6-10-16/h4-6,9-10,17-18H,1-3,7-8,11-15H2,(H,27,34)(H,28,29)(H,30,31)(H,32,33)(H4,24,25,26)/t17-,18+/m0/s1. The lowest BCUT2D eigenvalue weighted by Crippen LogP contribution is -2.51. The number of carbonyl (C=O) groups excluding carboxylic acids is 2. The summed E-state index contributed by atoms with van der Waals surface area (Å²) < 4.78 is 0. The van der Waals surface area contributed by atoms with Gasteiger partial charge in [0.15, 0.2) is 5.96 Å². The van der Waals surface area contributed by atoms with E-state index in [1.807, 2.05) is 6.07 Å². The van der Waals surface area contributed by atoms with Crippen molar-refractivity contribution < 1.29 is 29.4 Å². The Hall–Kier alpha value is -3.63. The maximum atomic E-state index is 12.7. The topological polar surface area (TPSA) is 197 Å². The molecule has 1 aromatic carbocycles. The first-order valence-corrected chi connectivity index (χ1v) is 11.3. The molecule has 0 saturated heterocycles. The Labute approximate surface area is 199 Å². The molecule has 0 aliphatic rings. The van der Waals surface area contributed by atoms with Crippen LogP contribution in [-0.4, -0.2) is 58.6 Å². The van der Waals surface area contributed by atoms with Crippen molar-refractivity contribution in [1.82, 2.24) is 10.6 Å². The van der Waals surface area contributed by atoms with Gasteiger partial charge in [-0.15, -0.1) is 0 Å². The second kappa shape index (κ2) is 16.1. The molecule has 0 radical (unpaired) electrons. The van der Waals surface area contributed by atoms with Crippen LogP contribution in [0.1, 0.15) is 56.9 Å². The van der Waals surface area contributed by atoms with Gasteiger partial charge in [-0.1, -0.05) is 49.6 Å². The third-order valence-electron chi connectivity index (χ3n) is 4.98. The lowest BCUT2D eigenvalue weighted by molar-refractivity contribution is -0.142. The number of hydrogen-bond donors (Lipinski definition) is 6. The van der Waals surface area contributed by atoms with E-state index in [-0.39, 0.29) is 25.2 Å². The molecule has 8 N–H and O–H groups in total. The molecule has 2 amide bonds. The van der Waals surface area contributed by atoms with Crippen LogP contribution in [0.25, 0.3) is 0 Å². The van der Waals surface area contributed by atoms with Crippen molar-refractivity contribution in [2.24, 2.45) is 16.5 Å². The zero-order valence-electron chi connectivity index (χ0n) is 19.2. The summed E-state index contributed by atoms with van der Waals surface area (Å²) in [5.74, 6) is -3.44. The molecule has 0 heterocycles. The number of aliphatic imine (C=N–C) groups is 1. The second-order valence-electron chi connectivity index (χ2n) is 8.04. The van der Waals surface area contributed by atoms with Gasteiger partial charge in [-0.3, -0.25) is 24.2 Å². The minimum atomic E-state index is -1.29. The first-order chi connectivity index (χ1) is 16.2. The number of guanidine groups is 1. The summed E-state index contributed by atoms with van der Waals surface area (Å²) in [4.78, 5) is 51.3. The Morgan fingerprint density at radius 2 is 1.47 bits per heavy atom. The molecule has 0 spiro atoms. The van der Waals surface area contributed by atoms with Gasteiger partial charge in [-0.25, -0.2) is 0 Å². The van der Waals surface area contributed by atoms with Gasteiger partial charge in [0, 0.05) is 19.0 Å². The molecule has 0 aliphatic carbocycles. The van der Waals surface area contributed by atoms with Gasteiger partial charge in [0.1, 0.15) is 6.04 Å². The summed E-state index contributed by atoms with van der Waals surface area (Å²) in [6.07, 6.45) is 3.50. The predicted octanol–water partition coefficient (Wildman–Crippen LogP) is 0.762. The number of unbranched alkanes of at least 4 members (excludes halogenated alkanes) is 4. The SMILES string of the molecule is NC(N)=NCCCCCCCC(=O)N[C@H](CC(=O)O)C(=O)N[C@H](CC(=O)O)Cc1ccccc1. The molecule has 0 fully saturated rings. The summed E-state index contributed by atoms with van der Waals surface area (Å²) >= 11 is 0. The summed E-state index contributed by atoms with van der Waals surface area (Å²) in [6, 6.07) is 6.98. The van der Waals surface area contributed by atoms with Crippen molar-refractivity contribution in [2.75, 3.05) is 6.54 Å². The van der Waals surface area contributed by atoms with Crippen molar-refractivity contribution in [2.45, 2.75) is 69.9 Å². The van der Waals surface area contributed by atoms with E-state index in [0.717, 1.165) is 31.2 Å². The van der Waals surface area contributed by atoms with E-state index in [9.17, 15) is 24.3 Å². The molecule has 1 rings (SSSR count). The highest BCUT2D eigenvalue weighted by Gasteiger charge is 2.26. The molecule has 11 heteroatoms. The summed E-state index contributed by atoms with van der Waals surface area (Å²) in [6.45, 7) is 0.557. The number of carbonyl (C=O) groups is 4. The van der Waals surface area contributed by atoms with Crippen LogP contribution in [0.3, 0.4) is 0 Å². The number of nitrogens with two attached hydrogens (primary N) is 2. The van der Waals surface area contributed by atoms with Crippen LogP contribution >= 0.6 is 0 Å². The van der Waals surface area contributed by atoms with E-state index in [0.29, 0.717) is 13.0 Å². The van der Waals surface area contributed by atoms with E-state index in [4.69, 9.17) is 16.6 Å². The smallest absolute Gasteiger partial charge is 0.305 e. The fourth-order valence-electron chi connectivity index (χ4n) is 3.37. The first-order valence-electron chi connectivity index (χ1n) is 11.3. The third kappa shape index (κ3) is 13.7. The summed E-state index contributed by atoms with van der Waals surface area (Å²) in [7, 11) is 0. The minimum Gasteiger partial charge on any atom is -0.481 e. The van der Waals surface area contributed by atoms with Crippen LogP contribution in [0.15, 0.2) is 35.3 Å². The molecule has 0 aromatic heterocycles. The van der Waals surface area contributed by atoms with E-state index < -0.39 is 42.3 Å². The summed E-state index contributed by atoms with van der Waals surface area (Å²) in [5.41, 5.74) is 11.3. The zero-order chi connectivity index (χ0) is 25.3. The number of benzene rings is 1. The fraction of sp³-hybridized carbons (Fsp3) is 0.522. The van der Waals surface area contributed by atoms with Crippen molar-refractivity contribution in [1.29, 1.82) is 0 Å². The fourth-order valence-corrected chi connectivity index (χ4v) is 3.37. The number of nitrogens with zero attached hydrogens (tertiary/aromatic N) is 1. The van der Waals surface area contributed by atoms with Crippen LogP contribution < -0.4 is 22.1 Å². The van der Waals surface area contributed by atoms with Crippen LogP contribution in [0, 0.1) is 0 Å². The van der Waals surface area contributed by atoms with E-state index in [1.165, 1.54) is 0 Å². The highest BCUT2D eigenvalue weighted by molar-refractivity contribution is 5.91. The van der Waals surface area contributed by atoms with Gasteiger partial charge < -0.3 is 32.3 Å². The van der Waals surface area contributed by atoms with Gasteiger partial charge in [-0.05, 0) is 24.8 Å². The Kier molecular flexibility index (Phi) is 13.4. The van der Waals surface area contributed by atoms with Crippen molar-refractivity contribution in [3.05, 3.63) is 35.9 Å². The highest BCUT2D eigenvalue weighted by atomic mass is 16.4. The van der Waals surface area contributed by atoms with Crippen molar-refractivity contribution in [3.63, 3.8) is 0 Å². The number of amides is 2. The van der Waals surface area contributed by atoms with Gasteiger partial charge >= 0.3 is 11.9 Å². The Morgan fingerprint density at radius 1 is 0.853 bits per heavy atom. The first kappa shape index (κ1) is 28.4. The normalized spacial score (nSPS) is 12.2. The highest BCUT2D eigenvalue weighted by Crippen LogP contribution is 2.09. The Bertz CT molecular complexity index is 826. The number of aliphatic carboxylic acids is 2. The minimum absolute atomic E-state index is 0.0611. The van der Waals surface area contributed by atoms with Crippen molar-refractivity contribution >= 4 is 29.7 Å². The van der Waals surface area contributed by atoms with Crippen LogP contribution in [0.4, 0.5) is 0 Å². The van der Waals surface area contributed by atoms with Crippen molar-refractivity contribution in [3.8, 4) is 0 Å². The second-order valence-corrected chi connectivity index (χ2v) is 8.04. The molecule has 0 aliphatic heterocycles. The average molecular weight is 478 g/mol. The largest absolute Gasteiger partial charge is 0.481 e. The molecule has 0 saturated carbocycles. The van der Waals surface area contributed by atoms with Gasteiger partial charge in [-0.2, -0.15) is 0 Å². The number of rotatable bonds is 17. The van der Waals surface area contributed by atoms with Gasteiger partial charge in [0.2, 0.25) is 11.8 Å². The van der Waals surface area contributed by atoms with Crippen LogP contribution in [0.2, 0.25) is 0 Å². The third-order valence-corrected chi connectivity index (χ3v) is 4.98. The number of carboxylic acid groups (broad SMARTS) is 2. The number of carboxylic acids is 2. The van der Waals surface area contributed by atoms with E-state index in [1.54, 1.807) is 24.3 Å². The number of hydrogen-bond acceptors (Lipinski definition) is 5. The Balaban J connectivity index is 2.55. The van der Waals surface area contributed by atoms with E-state index in [2.05, 4.69) is 15.6 Å². The van der Waals surface area contributed by atoms with Gasteiger partial charge in [0.25, 0.3) is 0 Å². The summed E-state index contributed by atoms with van der Waals surface area (Å²) in [5, 5.41) is 23.4. The lowest BCUT2D eigenvalue weighted by Gasteiger charge is -2.22. The monoisotopic (exact) mass is 477 g/mol.